The van der Waals surface area contributed by atoms with Crippen molar-refractivity contribution in [2.75, 3.05) is 5.32 Å². The highest BCUT2D eigenvalue weighted by Gasteiger charge is 2.12. The molecule has 0 heterocycles. The molecule has 2 N–H and O–H groups in total. The summed E-state index contributed by atoms with van der Waals surface area (Å²) in [5.74, 6) is -1.36. The van der Waals surface area contributed by atoms with E-state index in [1.807, 2.05) is 12.1 Å². The maximum atomic E-state index is 12.1. The minimum atomic E-state index is -1.07. The molecule has 0 saturated carbocycles. The van der Waals surface area contributed by atoms with Gasteiger partial charge in [-0.3, -0.25) is 4.79 Å². The summed E-state index contributed by atoms with van der Waals surface area (Å²) >= 11 is 8.03. The fourth-order valence-corrected chi connectivity index (χ4v) is 2.44. The smallest absolute Gasteiger partial charge is 0.335 e. The lowest BCUT2D eigenvalue weighted by molar-refractivity contribution is 0.0696. The molecule has 0 unspecified atom stereocenters. The largest absolute Gasteiger partial charge is 0.478 e. The van der Waals surface area contributed by atoms with E-state index in [9.17, 15) is 9.59 Å². The van der Waals surface area contributed by atoms with Gasteiger partial charge in [-0.05, 0) is 52.9 Å². The van der Waals surface area contributed by atoms with Crippen molar-refractivity contribution in [2.45, 2.75) is 0 Å². The molecule has 0 radical (unpaired) electrons. The van der Waals surface area contributed by atoms with Crippen molar-refractivity contribution in [3.8, 4) is 0 Å². The molecular weight excluding hydrogens is 393 g/mol. The van der Waals surface area contributed by atoms with Crippen LogP contribution in [0.1, 0.15) is 20.7 Å². The summed E-state index contributed by atoms with van der Waals surface area (Å²) in [5, 5.41) is 11.7. The van der Waals surface area contributed by atoms with Gasteiger partial charge >= 0.3 is 5.97 Å². The second-order valence-corrected chi connectivity index (χ2v) is 5.50. The second kappa shape index (κ2) is 6.23. The zero-order valence-corrected chi connectivity index (χ0v) is 13.0. The van der Waals surface area contributed by atoms with E-state index >= 15 is 0 Å². The Bertz CT molecular complexity index is 688. The first-order valence-electron chi connectivity index (χ1n) is 5.58. The molecule has 0 bridgehead atoms. The lowest BCUT2D eigenvalue weighted by Gasteiger charge is -2.09. The van der Waals surface area contributed by atoms with Crippen molar-refractivity contribution >= 4 is 51.8 Å². The van der Waals surface area contributed by atoms with E-state index in [0.717, 1.165) is 3.57 Å². The molecular formula is C14H9ClINO3. The predicted octanol–water partition coefficient (Wildman–Crippen LogP) is 3.90. The third-order valence-electron chi connectivity index (χ3n) is 2.58. The minimum absolute atomic E-state index is 0.0716. The van der Waals surface area contributed by atoms with E-state index in [1.165, 1.54) is 18.2 Å². The Hall–Kier alpha value is -1.60. The molecule has 102 valence electrons. The number of rotatable bonds is 3. The SMILES string of the molecule is O=C(O)c1ccc(NC(=O)c2ccccc2I)c(Cl)c1. The Morgan fingerprint density at radius 1 is 1.15 bits per heavy atom. The number of nitrogens with one attached hydrogen (secondary N) is 1. The predicted molar refractivity (Wildman–Crippen MR) is 85.5 cm³/mol. The lowest BCUT2D eigenvalue weighted by Crippen LogP contribution is -2.13. The van der Waals surface area contributed by atoms with Gasteiger partial charge in [0.2, 0.25) is 0 Å². The normalized spacial score (nSPS) is 10.1. The number of aromatic carboxylic acids is 1. The van der Waals surface area contributed by atoms with Gasteiger partial charge in [-0.15, -0.1) is 0 Å². The Labute approximate surface area is 133 Å². The van der Waals surface area contributed by atoms with Crippen LogP contribution in [0.2, 0.25) is 5.02 Å². The molecule has 1 amide bonds. The topological polar surface area (TPSA) is 66.4 Å². The first-order chi connectivity index (χ1) is 9.49. The standard InChI is InChI=1S/C14H9ClINO3/c15-10-7-8(14(19)20)5-6-12(10)17-13(18)9-3-1-2-4-11(9)16/h1-7H,(H,17,18)(H,19,20). The lowest BCUT2D eigenvalue weighted by atomic mass is 10.2. The number of amides is 1. The highest BCUT2D eigenvalue weighted by atomic mass is 127. The van der Waals surface area contributed by atoms with E-state index in [4.69, 9.17) is 16.7 Å². The van der Waals surface area contributed by atoms with Crippen LogP contribution in [0.15, 0.2) is 42.5 Å². The molecule has 0 aromatic heterocycles. The van der Waals surface area contributed by atoms with E-state index < -0.39 is 5.97 Å². The first-order valence-corrected chi connectivity index (χ1v) is 7.03. The monoisotopic (exact) mass is 401 g/mol. The molecule has 2 rings (SSSR count). The average molecular weight is 402 g/mol. The van der Waals surface area contributed by atoms with E-state index in [0.29, 0.717) is 11.3 Å². The van der Waals surface area contributed by atoms with Crippen LogP contribution < -0.4 is 5.32 Å². The Morgan fingerprint density at radius 3 is 2.45 bits per heavy atom. The van der Waals surface area contributed by atoms with Crippen molar-refractivity contribution in [1.29, 1.82) is 0 Å². The fraction of sp³-hybridized carbons (Fsp3) is 0. The van der Waals surface area contributed by atoms with Crippen LogP contribution in [-0.2, 0) is 0 Å². The van der Waals surface area contributed by atoms with E-state index in [-0.39, 0.29) is 16.5 Å². The van der Waals surface area contributed by atoms with Gasteiger partial charge in [-0.25, -0.2) is 4.79 Å². The number of carbonyl (C=O) groups excluding carboxylic acids is 1. The molecule has 2 aromatic rings. The number of hydrogen-bond acceptors (Lipinski definition) is 2. The van der Waals surface area contributed by atoms with Gasteiger partial charge in [0.25, 0.3) is 5.91 Å². The molecule has 0 spiro atoms. The molecule has 0 aliphatic heterocycles. The summed E-state index contributed by atoms with van der Waals surface area (Å²) < 4.78 is 0.820. The fourth-order valence-electron chi connectivity index (χ4n) is 1.58. The Morgan fingerprint density at radius 2 is 1.85 bits per heavy atom. The molecule has 4 nitrogen and oxygen atoms in total. The van der Waals surface area contributed by atoms with Crippen LogP contribution in [0, 0.1) is 3.57 Å². The van der Waals surface area contributed by atoms with E-state index in [2.05, 4.69) is 27.9 Å². The maximum absolute atomic E-state index is 12.1. The van der Waals surface area contributed by atoms with Crippen LogP contribution >= 0.6 is 34.2 Å². The van der Waals surface area contributed by atoms with Crippen LogP contribution in [-0.4, -0.2) is 17.0 Å². The Kier molecular flexibility index (Phi) is 4.61. The Balaban J connectivity index is 2.25. The number of carboxylic acid groups (broad SMARTS) is 1. The maximum Gasteiger partial charge on any atom is 0.335 e. The average Bonchev–Trinajstić information content (AvgIpc) is 2.41. The summed E-state index contributed by atoms with van der Waals surface area (Å²) in [4.78, 5) is 22.9. The number of benzene rings is 2. The molecule has 0 aliphatic carbocycles. The van der Waals surface area contributed by atoms with Gasteiger partial charge in [0.1, 0.15) is 0 Å². The molecule has 0 saturated heterocycles. The van der Waals surface area contributed by atoms with E-state index in [1.54, 1.807) is 12.1 Å². The van der Waals surface area contributed by atoms with Crippen LogP contribution in [0.25, 0.3) is 0 Å². The number of hydrogen-bond donors (Lipinski definition) is 2. The summed E-state index contributed by atoms with van der Waals surface area (Å²) in [6.45, 7) is 0. The summed E-state index contributed by atoms with van der Waals surface area (Å²) in [6, 6.07) is 11.3. The second-order valence-electron chi connectivity index (χ2n) is 3.93. The number of halogens is 2. The molecule has 0 atom stereocenters. The van der Waals surface area contributed by atoms with Gasteiger partial charge in [-0.1, -0.05) is 23.7 Å². The number of carboxylic acids is 1. The van der Waals surface area contributed by atoms with Crippen molar-refractivity contribution in [3.63, 3.8) is 0 Å². The zero-order chi connectivity index (χ0) is 14.7. The van der Waals surface area contributed by atoms with Crippen molar-refractivity contribution in [2.24, 2.45) is 0 Å². The minimum Gasteiger partial charge on any atom is -0.478 e. The zero-order valence-electron chi connectivity index (χ0n) is 10.1. The molecule has 20 heavy (non-hydrogen) atoms. The van der Waals surface area contributed by atoms with Gasteiger partial charge in [-0.2, -0.15) is 0 Å². The highest BCUT2D eigenvalue weighted by Crippen LogP contribution is 2.24. The summed E-state index contributed by atoms with van der Waals surface area (Å²) in [6.07, 6.45) is 0. The third-order valence-corrected chi connectivity index (χ3v) is 3.84. The van der Waals surface area contributed by atoms with Crippen molar-refractivity contribution in [3.05, 3.63) is 62.2 Å². The van der Waals surface area contributed by atoms with Gasteiger partial charge in [0.05, 0.1) is 21.8 Å². The van der Waals surface area contributed by atoms with Crippen LogP contribution in [0.5, 0.6) is 0 Å². The summed E-state index contributed by atoms with van der Waals surface area (Å²) in [5.41, 5.74) is 0.982. The quantitative estimate of drug-likeness (QED) is 0.767. The van der Waals surface area contributed by atoms with Crippen LogP contribution in [0.3, 0.4) is 0 Å². The van der Waals surface area contributed by atoms with Crippen molar-refractivity contribution < 1.29 is 14.7 Å². The summed E-state index contributed by atoms with van der Waals surface area (Å²) in [7, 11) is 0. The van der Waals surface area contributed by atoms with Crippen molar-refractivity contribution in [1.82, 2.24) is 0 Å². The third kappa shape index (κ3) is 3.29. The first kappa shape index (κ1) is 14.8. The molecule has 6 heteroatoms. The molecule has 2 aromatic carbocycles. The number of anilines is 1. The van der Waals surface area contributed by atoms with Gasteiger partial charge < -0.3 is 10.4 Å². The highest BCUT2D eigenvalue weighted by molar-refractivity contribution is 14.1. The molecule has 0 aliphatic rings. The van der Waals surface area contributed by atoms with Gasteiger partial charge in [0.15, 0.2) is 0 Å². The molecule has 0 fully saturated rings. The van der Waals surface area contributed by atoms with Gasteiger partial charge in [0, 0.05) is 3.57 Å². The number of carbonyl (C=O) groups is 2. The van der Waals surface area contributed by atoms with Crippen LogP contribution in [0.4, 0.5) is 5.69 Å².